The summed E-state index contributed by atoms with van der Waals surface area (Å²) in [5.74, 6) is -0.916. The zero-order valence-electron chi connectivity index (χ0n) is 11.9. The molecule has 7 heteroatoms. The molecule has 3 N–H and O–H groups in total. The van der Waals surface area contributed by atoms with E-state index in [1.807, 2.05) is 20.8 Å². The third-order valence-electron chi connectivity index (χ3n) is 2.51. The highest BCUT2D eigenvalue weighted by molar-refractivity contribution is 5.84. The number of urea groups is 1. The molecule has 0 unspecified atom stereocenters. The largest absolute Gasteiger partial charge is 0.475 e. The standard InChI is InChI=1S/C13H20N2O5/c1-4-19-13(2,3)8-15-12(18)14-7-9-5-6-10(20-9)11(16)17/h5-6H,4,7-8H2,1-3H3,(H,16,17)(H2,14,15,18). The summed E-state index contributed by atoms with van der Waals surface area (Å²) in [5.41, 5.74) is -0.437. The van der Waals surface area contributed by atoms with Crippen LogP contribution in [0.5, 0.6) is 0 Å². The van der Waals surface area contributed by atoms with Crippen LogP contribution in [0, 0.1) is 0 Å². The fourth-order valence-electron chi connectivity index (χ4n) is 1.55. The third-order valence-corrected chi connectivity index (χ3v) is 2.51. The van der Waals surface area contributed by atoms with Crippen LogP contribution in [-0.4, -0.2) is 35.9 Å². The molecule has 0 fully saturated rings. The summed E-state index contributed by atoms with van der Waals surface area (Å²) in [7, 11) is 0. The van der Waals surface area contributed by atoms with Gasteiger partial charge in [0.05, 0.1) is 12.1 Å². The number of ether oxygens (including phenoxy) is 1. The molecule has 0 aliphatic carbocycles. The second-order valence-corrected chi connectivity index (χ2v) is 4.80. The van der Waals surface area contributed by atoms with Gasteiger partial charge in [-0.2, -0.15) is 0 Å². The van der Waals surface area contributed by atoms with Gasteiger partial charge in [-0.25, -0.2) is 9.59 Å². The van der Waals surface area contributed by atoms with Gasteiger partial charge in [-0.05, 0) is 32.9 Å². The molecule has 0 aliphatic rings. The van der Waals surface area contributed by atoms with Crippen LogP contribution in [-0.2, 0) is 11.3 Å². The maximum absolute atomic E-state index is 11.6. The zero-order valence-corrected chi connectivity index (χ0v) is 11.9. The van der Waals surface area contributed by atoms with Crippen LogP contribution in [0.3, 0.4) is 0 Å². The Hall–Kier alpha value is -2.02. The molecule has 20 heavy (non-hydrogen) atoms. The van der Waals surface area contributed by atoms with Gasteiger partial charge in [0.15, 0.2) is 0 Å². The van der Waals surface area contributed by atoms with E-state index in [4.69, 9.17) is 14.3 Å². The normalized spacial score (nSPS) is 11.2. The Morgan fingerprint density at radius 3 is 2.60 bits per heavy atom. The van der Waals surface area contributed by atoms with Gasteiger partial charge in [0.1, 0.15) is 5.76 Å². The number of carbonyl (C=O) groups excluding carboxylic acids is 1. The van der Waals surface area contributed by atoms with Crippen LogP contribution < -0.4 is 10.6 Å². The SMILES string of the molecule is CCOC(C)(C)CNC(=O)NCc1ccc(C(=O)O)o1. The first-order valence-electron chi connectivity index (χ1n) is 6.31. The predicted molar refractivity (Wildman–Crippen MR) is 71.6 cm³/mol. The molecule has 1 heterocycles. The molecule has 0 atom stereocenters. The van der Waals surface area contributed by atoms with Gasteiger partial charge >= 0.3 is 12.0 Å². The van der Waals surface area contributed by atoms with Gasteiger partial charge in [-0.1, -0.05) is 0 Å². The summed E-state index contributed by atoms with van der Waals surface area (Å²) in [6.07, 6.45) is 0. The maximum Gasteiger partial charge on any atom is 0.371 e. The van der Waals surface area contributed by atoms with E-state index in [1.165, 1.54) is 12.1 Å². The summed E-state index contributed by atoms with van der Waals surface area (Å²) in [6, 6.07) is 2.48. The van der Waals surface area contributed by atoms with Crippen molar-refractivity contribution in [1.29, 1.82) is 0 Å². The summed E-state index contributed by atoms with van der Waals surface area (Å²) in [6.45, 7) is 6.70. The zero-order chi connectivity index (χ0) is 15.2. The average molecular weight is 284 g/mol. The second kappa shape index (κ2) is 6.95. The van der Waals surface area contributed by atoms with Crippen molar-refractivity contribution in [2.24, 2.45) is 0 Å². The Morgan fingerprint density at radius 2 is 2.05 bits per heavy atom. The lowest BCUT2D eigenvalue weighted by Crippen LogP contribution is -2.44. The fourth-order valence-corrected chi connectivity index (χ4v) is 1.55. The van der Waals surface area contributed by atoms with Gasteiger partial charge in [-0.15, -0.1) is 0 Å². The predicted octanol–water partition coefficient (Wildman–Crippen LogP) is 1.59. The second-order valence-electron chi connectivity index (χ2n) is 4.80. The Morgan fingerprint density at radius 1 is 1.35 bits per heavy atom. The number of rotatable bonds is 7. The van der Waals surface area contributed by atoms with E-state index in [-0.39, 0.29) is 18.3 Å². The number of furan rings is 1. The highest BCUT2D eigenvalue weighted by atomic mass is 16.5. The Labute approximate surface area is 117 Å². The summed E-state index contributed by atoms with van der Waals surface area (Å²) < 4.78 is 10.5. The first-order chi connectivity index (χ1) is 9.34. The average Bonchev–Trinajstić information content (AvgIpc) is 2.83. The van der Waals surface area contributed by atoms with Crippen LogP contribution in [0.2, 0.25) is 0 Å². The molecule has 2 amide bonds. The molecule has 7 nitrogen and oxygen atoms in total. The van der Waals surface area contributed by atoms with E-state index in [9.17, 15) is 9.59 Å². The number of carboxylic acids is 1. The van der Waals surface area contributed by atoms with E-state index < -0.39 is 11.6 Å². The van der Waals surface area contributed by atoms with Crippen molar-refractivity contribution < 1.29 is 23.8 Å². The summed E-state index contributed by atoms with van der Waals surface area (Å²) >= 11 is 0. The molecule has 0 bridgehead atoms. The van der Waals surface area contributed by atoms with Crippen LogP contribution in [0.25, 0.3) is 0 Å². The molecule has 0 radical (unpaired) electrons. The monoisotopic (exact) mass is 284 g/mol. The summed E-state index contributed by atoms with van der Waals surface area (Å²) in [4.78, 5) is 22.2. The van der Waals surface area contributed by atoms with E-state index in [1.54, 1.807) is 0 Å². The topological polar surface area (TPSA) is 101 Å². The maximum atomic E-state index is 11.6. The quantitative estimate of drug-likeness (QED) is 0.706. The Kier molecular flexibility index (Phi) is 5.57. The molecular formula is C13H20N2O5. The Balaban J connectivity index is 2.34. The van der Waals surface area contributed by atoms with Crippen LogP contribution >= 0.6 is 0 Å². The molecule has 1 aromatic heterocycles. The lowest BCUT2D eigenvalue weighted by atomic mass is 10.1. The van der Waals surface area contributed by atoms with E-state index >= 15 is 0 Å². The van der Waals surface area contributed by atoms with E-state index in [2.05, 4.69) is 10.6 Å². The Bertz CT molecular complexity index is 467. The van der Waals surface area contributed by atoms with Gasteiger partial charge in [-0.3, -0.25) is 0 Å². The smallest absolute Gasteiger partial charge is 0.371 e. The summed E-state index contributed by atoms with van der Waals surface area (Å²) in [5, 5.41) is 13.9. The molecule has 0 aromatic carbocycles. The van der Waals surface area contributed by atoms with Crippen LogP contribution in [0.4, 0.5) is 4.79 Å². The molecule has 0 spiro atoms. The van der Waals surface area contributed by atoms with Gasteiger partial charge in [0.25, 0.3) is 0 Å². The van der Waals surface area contributed by atoms with Crippen molar-refractivity contribution in [2.45, 2.75) is 32.9 Å². The van der Waals surface area contributed by atoms with Crippen LogP contribution in [0.1, 0.15) is 37.1 Å². The van der Waals surface area contributed by atoms with Crippen molar-refractivity contribution in [2.75, 3.05) is 13.2 Å². The minimum atomic E-state index is -1.14. The number of nitrogens with one attached hydrogen (secondary N) is 2. The van der Waals surface area contributed by atoms with Crippen molar-refractivity contribution in [3.63, 3.8) is 0 Å². The number of amides is 2. The van der Waals surface area contributed by atoms with Gasteiger partial charge in [0, 0.05) is 13.2 Å². The number of carboxylic acid groups (broad SMARTS) is 1. The first kappa shape index (κ1) is 16.0. The minimum Gasteiger partial charge on any atom is -0.475 e. The molecule has 0 saturated carbocycles. The lowest BCUT2D eigenvalue weighted by molar-refractivity contribution is -0.00691. The highest BCUT2D eigenvalue weighted by Gasteiger charge is 2.18. The van der Waals surface area contributed by atoms with E-state index in [0.29, 0.717) is 18.9 Å². The van der Waals surface area contributed by atoms with Crippen LogP contribution in [0.15, 0.2) is 16.5 Å². The molecule has 112 valence electrons. The molecule has 1 rings (SSSR count). The van der Waals surface area contributed by atoms with E-state index in [0.717, 1.165) is 0 Å². The molecular weight excluding hydrogens is 264 g/mol. The molecule has 0 aliphatic heterocycles. The first-order valence-corrected chi connectivity index (χ1v) is 6.31. The molecule has 1 aromatic rings. The van der Waals surface area contributed by atoms with Crippen molar-refractivity contribution in [1.82, 2.24) is 10.6 Å². The van der Waals surface area contributed by atoms with Crippen molar-refractivity contribution in [3.05, 3.63) is 23.7 Å². The van der Waals surface area contributed by atoms with Gasteiger partial charge in [0.2, 0.25) is 5.76 Å². The number of hydrogen-bond donors (Lipinski definition) is 3. The minimum absolute atomic E-state index is 0.119. The number of hydrogen-bond acceptors (Lipinski definition) is 4. The lowest BCUT2D eigenvalue weighted by Gasteiger charge is -2.24. The molecule has 0 saturated heterocycles. The van der Waals surface area contributed by atoms with Gasteiger partial charge < -0.3 is 24.9 Å². The highest BCUT2D eigenvalue weighted by Crippen LogP contribution is 2.08. The number of carbonyl (C=O) groups is 2. The fraction of sp³-hybridized carbons (Fsp3) is 0.538. The third kappa shape index (κ3) is 5.31. The van der Waals surface area contributed by atoms with Crippen molar-refractivity contribution in [3.8, 4) is 0 Å². The number of aromatic carboxylic acids is 1. The van der Waals surface area contributed by atoms with Crippen molar-refractivity contribution >= 4 is 12.0 Å².